The summed E-state index contributed by atoms with van der Waals surface area (Å²) in [5.41, 5.74) is 5.80. The summed E-state index contributed by atoms with van der Waals surface area (Å²) in [5, 5.41) is 0. The van der Waals surface area contributed by atoms with Gasteiger partial charge in [0.1, 0.15) is 0 Å². The quantitative estimate of drug-likeness (QED) is 0.530. The maximum atomic E-state index is 2.30. The second kappa shape index (κ2) is 2.23. The normalized spacial score (nSPS) is 20.5. The molecule has 0 spiro atoms. The Morgan fingerprint density at radius 3 is 2.82 bits per heavy atom. The van der Waals surface area contributed by atoms with Gasteiger partial charge in [0, 0.05) is 0 Å². The van der Waals surface area contributed by atoms with Crippen LogP contribution in [0.4, 0.5) is 0 Å². The number of allylic oxidation sites excluding steroid dienone is 8. The zero-order valence-electron chi connectivity index (χ0n) is 7.02. The highest BCUT2D eigenvalue weighted by Crippen LogP contribution is 2.35. The summed E-state index contributed by atoms with van der Waals surface area (Å²) < 4.78 is 0. The summed E-state index contributed by atoms with van der Waals surface area (Å²) in [6.07, 6.45) is 9.95. The van der Waals surface area contributed by atoms with Gasteiger partial charge in [0.05, 0.1) is 0 Å². The van der Waals surface area contributed by atoms with Crippen molar-refractivity contribution in [2.45, 2.75) is 20.3 Å². The van der Waals surface area contributed by atoms with E-state index < -0.39 is 0 Å². The highest BCUT2D eigenvalue weighted by atomic mass is 14.2. The van der Waals surface area contributed by atoms with Crippen LogP contribution < -0.4 is 0 Å². The van der Waals surface area contributed by atoms with E-state index in [1.54, 1.807) is 0 Å². The zero-order chi connectivity index (χ0) is 7.84. The van der Waals surface area contributed by atoms with E-state index in [2.05, 4.69) is 38.2 Å². The summed E-state index contributed by atoms with van der Waals surface area (Å²) in [6, 6.07) is 0. The fourth-order valence-electron chi connectivity index (χ4n) is 1.74. The van der Waals surface area contributed by atoms with E-state index >= 15 is 0 Å². The Hall–Kier alpha value is -1.04. The van der Waals surface area contributed by atoms with Crippen LogP contribution in [-0.2, 0) is 0 Å². The third-order valence-corrected chi connectivity index (χ3v) is 2.45. The molecule has 0 aromatic rings. The van der Waals surface area contributed by atoms with Crippen molar-refractivity contribution >= 4 is 0 Å². The monoisotopic (exact) mass is 144 g/mol. The Morgan fingerprint density at radius 2 is 2.18 bits per heavy atom. The van der Waals surface area contributed by atoms with Gasteiger partial charge in [0.2, 0.25) is 0 Å². The Morgan fingerprint density at radius 1 is 1.36 bits per heavy atom. The van der Waals surface area contributed by atoms with Gasteiger partial charge in [0.15, 0.2) is 0 Å². The lowest BCUT2D eigenvalue weighted by Gasteiger charge is -1.98. The fourth-order valence-corrected chi connectivity index (χ4v) is 1.74. The van der Waals surface area contributed by atoms with Gasteiger partial charge in [-0.3, -0.25) is 0 Å². The molecule has 0 fully saturated rings. The second-order valence-corrected chi connectivity index (χ2v) is 3.04. The molecule has 0 saturated carbocycles. The molecule has 0 heterocycles. The number of fused-ring (bicyclic) bond motifs is 1. The van der Waals surface area contributed by atoms with E-state index in [-0.39, 0.29) is 0 Å². The molecule has 0 aromatic carbocycles. The van der Waals surface area contributed by atoms with E-state index in [1.165, 1.54) is 22.3 Å². The van der Waals surface area contributed by atoms with Crippen LogP contribution in [0.2, 0.25) is 0 Å². The maximum absolute atomic E-state index is 2.30. The number of hydrogen-bond donors (Lipinski definition) is 0. The minimum Gasteiger partial charge on any atom is -0.0613 e. The minimum atomic E-state index is 1.15. The van der Waals surface area contributed by atoms with Gasteiger partial charge in [-0.2, -0.15) is 0 Å². The van der Waals surface area contributed by atoms with Gasteiger partial charge in [-0.25, -0.2) is 0 Å². The second-order valence-electron chi connectivity index (χ2n) is 3.04. The molecule has 0 heteroatoms. The third kappa shape index (κ3) is 0.823. The first-order valence-corrected chi connectivity index (χ1v) is 4.13. The Bertz CT molecular complexity index is 309. The predicted molar refractivity (Wildman–Crippen MR) is 48.3 cm³/mol. The molecule has 2 aliphatic carbocycles. The van der Waals surface area contributed by atoms with Crippen LogP contribution in [0.1, 0.15) is 20.3 Å². The predicted octanol–water partition coefficient (Wildman–Crippen LogP) is 3.15. The number of rotatable bonds is 1. The Labute approximate surface area is 67.6 Å². The smallest absolute Gasteiger partial charge is 0.0152 e. The molecule has 2 aliphatic rings. The van der Waals surface area contributed by atoms with Crippen LogP contribution in [-0.4, -0.2) is 0 Å². The average Bonchev–Trinajstić information content (AvgIpc) is 2.53. The molecule has 0 amide bonds. The first-order chi connectivity index (χ1) is 5.33. The van der Waals surface area contributed by atoms with Gasteiger partial charge in [0.25, 0.3) is 0 Å². The molecule has 56 valence electrons. The summed E-state index contributed by atoms with van der Waals surface area (Å²) in [5.74, 6) is 0. The van der Waals surface area contributed by atoms with Crippen LogP contribution in [0.5, 0.6) is 0 Å². The molecule has 0 saturated heterocycles. The van der Waals surface area contributed by atoms with E-state index in [1.807, 2.05) is 0 Å². The molecule has 0 atom stereocenters. The topological polar surface area (TPSA) is 0 Å². The van der Waals surface area contributed by atoms with Crippen LogP contribution in [0.25, 0.3) is 0 Å². The molecular weight excluding hydrogens is 132 g/mol. The van der Waals surface area contributed by atoms with Gasteiger partial charge >= 0.3 is 0 Å². The molecule has 0 unspecified atom stereocenters. The lowest BCUT2D eigenvalue weighted by Crippen LogP contribution is -1.79. The summed E-state index contributed by atoms with van der Waals surface area (Å²) in [4.78, 5) is 0. The summed E-state index contributed by atoms with van der Waals surface area (Å²) in [7, 11) is 0. The molecule has 0 bridgehead atoms. The molecule has 0 aliphatic heterocycles. The molecule has 0 aromatic heterocycles. The van der Waals surface area contributed by atoms with Crippen molar-refractivity contribution in [3.05, 3.63) is 46.6 Å². The standard InChI is InChI=1S/C11H12/c1-3-9-7-10-5-4-6-11(10)8(9)2/h4-7H,3H2,1-2H3. The maximum Gasteiger partial charge on any atom is -0.0152 e. The molecule has 0 radical (unpaired) electrons. The SMILES string of the molecule is CCC1=CC2=CC=CC2=C1C. The molecule has 0 nitrogen and oxygen atoms in total. The molecule has 2 rings (SSSR count). The van der Waals surface area contributed by atoms with Crippen molar-refractivity contribution < 1.29 is 0 Å². The molecular formula is C11H12. The van der Waals surface area contributed by atoms with E-state index in [0.717, 1.165) is 6.42 Å². The highest BCUT2D eigenvalue weighted by molar-refractivity contribution is 5.65. The zero-order valence-corrected chi connectivity index (χ0v) is 7.02. The van der Waals surface area contributed by atoms with Crippen LogP contribution in [0, 0.1) is 0 Å². The largest absolute Gasteiger partial charge is 0.0613 e. The Kier molecular flexibility index (Phi) is 1.35. The van der Waals surface area contributed by atoms with Crippen molar-refractivity contribution in [1.82, 2.24) is 0 Å². The minimum absolute atomic E-state index is 1.15. The summed E-state index contributed by atoms with van der Waals surface area (Å²) in [6.45, 7) is 4.42. The van der Waals surface area contributed by atoms with Crippen molar-refractivity contribution in [1.29, 1.82) is 0 Å². The van der Waals surface area contributed by atoms with Crippen LogP contribution >= 0.6 is 0 Å². The van der Waals surface area contributed by atoms with E-state index in [9.17, 15) is 0 Å². The third-order valence-electron chi connectivity index (χ3n) is 2.45. The van der Waals surface area contributed by atoms with Gasteiger partial charge in [-0.15, -0.1) is 0 Å². The van der Waals surface area contributed by atoms with Crippen LogP contribution in [0.15, 0.2) is 46.6 Å². The molecule has 0 N–H and O–H groups in total. The lowest BCUT2D eigenvalue weighted by molar-refractivity contribution is 1.11. The van der Waals surface area contributed by atoms with E-state index in [4.69, 9.17) is 0 Å². The summed E-state index contributed by atoms with van der Waals surface area (Å²) >= 11 is 0. The molecule has 11 heavy (non-hydrogen) atoms. The number of hydrogen-bond acceptors (Lipinski definition) is 0. The van der Waals surface area contributed by atoms with Crippen LogP contribution in [0.3, 0.4) is 0 Å². The van der Waals surface area contributed by atoms with Crippen molar-refractivity contribution in [2.24, 2.45) is 0 Å². The van der Waals surface area contributed by atoms with Crippen molar-refractivity contribution in [2.75, 3.05) is 0 Å². The lowest BCUT2D eigenvalue weighted by atomic mass is 10.1. The van der Waals surface area contributed by atoms with Gasteiger partial charge in [-0.05, 0) is 35.6 Å². The van der Waals surface area contributed by atoms with Crippen molar-refractivity contribution in [3.63, 3.8) is 0 Å². The van der Waals surface area contributed by atoms with Gasteiger partial charge in [-0.1, -0.05) is 31.2 Å². The van der Waals surface area contributed by atoms with Gasteiger partial charge < -0.3 is 0 Å². The average molecular weight is 144 g/mol. The van der Waals surface area contributed by atoms with E-state index in [0.29, 0.717) is 0 Å². The first kappa shape index (κ1) is 6.66. The fraction of sp³-hybridized carbons (Fsp3) is 0.273. The first-order valence-electron chi connectivity index (χ1n) is 4.13. The Balaban J connectivity index is 2.49. The highest BCUT2D eigenvalue weighted by Gasteiger charge is 2.16. The van der Waals surface area contributed by atoms with Crippen molar-refractivity contribution in [3.8, 4) is 0 Å².